The van der Waals surface area contributed by atoms with E-state index in [2.05, 4.69) is 5.32 Å². The van der Waals surface area contributed by atoms with Crippen molar-refractivity contribution in [3.63, 3.8) is 0 Å². The second kappa shape index (κ2) is 7.92. The molecule has 4 nitrogen and oxygen atoms in total. The van der Waals surface area contributed by atoms with Gasteiger partial charge in [0.2, 0.25) is 5.91 Å². The molecule has 0 saturated carbocycles. The summed E-state index contributed by atoms with van der Waals surface area (Å²) in [7, 11) is 0. The molecule has 2 N–H and O–H groups in total. The summed E-state index contributed by atoms with van der Waals surface area (Å²) in [5, 5.41) is 12.2. The lowest BCUT2D eigenvalue weighted by Gasteiger charge is -2.05. The van der Waals surface area contributed by atoms with Gasteiger partial charge in [0, 0.05) is 12.6 Å². The van der Waals surface area contributed by atoms with Gasteiger partial charge in [0.15, 0.2) is 0 Å². The van der Waals surface area contributed by atoms with E-state index in [1.807, 2.05) is 0 Å². The minimum Gasteiger partial charge on any atom is -0.481 e. The van der Waals surface area contributed by atoms with Crippen molar-refractivity contribution in [3.05, 3.63) is 39.9 Å². The molecule has 6 heteroatoms. The van der Waals surface area contributed by atoms with Gasteiger partial charge in [-0.2, -0.15) is 0 Å². The second-order valence-electron chi connectivity index (χ2n) is 4.33. The summed E-state index contributed by atoms with van der Waals surface area (Å²) in [6.07, 6.45) is 3.37. The number of hydrogen-bond donors (Lipinski definition) is 2. The Morgan fingerprint density at radius 1 is 1.35 bits per heavy atom. The van der Waals surface area contributed by atoms with Crippen LogP contribution >= 0.6 is 23.2 Å². The average Bonchev–Trinajstić information content (AvgIpc) is 2.40. The molecule has 0 aliphatic carbocycles. The van der Waals surface area contributed by atoms with Crippen LogP contribution < -0.4 is 5.32 Å². The predicted molar refractivity (Wildman–Crippen MR) is 79.9 cm³/mol. The van der Waals surface area contributed by atoms with Gasteiger partial charge >= 0.3 is 5.97 Å². The first-order valence-electron chi connectivity index (χ1n) is 6.04. The molecule has 0 aromatic heterocycles. The molecule has 1 atom stereocenters. The van der Waals surface area contributed by atoms with Crippen molar-refractivity contribution in [2.75, 3.05) is 6.54 Å². The second-order valence-corrected chi connectivity index (χ2v) is 5.14. The number of rotatable bonds is 6. The molecule has 0 saturated heterocycles. The van der Waals surface area contributed by atoms with Crippen LogP contribution in [0.2, 0.25) is 10.0 Å². The molecular formula is C14H15Cl2NO3. The number of carbonyl (C=O) groups is 2. The van der Waals surface area contributed by atoms with E-state index in [1.165, 1.54) is 6.08 Å². The van der Waals surface area contributed by atoms with E-state index >= 15 is 0 Å². The molecule has 0 bridgehead atoms. The van der Waals surface area contributed by atoms with Crippen LogP contribution in [0.4, 0.5) is 0 Å². The van der Waals surface area contributed by atoms with E-state index in [0.29, 0.717) is 23.0 Å². The maximum absolute atomic E-state index is 11.5. The molecule has 20 heavy (non-hydrogen) atoms. The van der Waals surface area contributed by atoms with Crippen molar-refractivity contribution >= 4 is 41.2 Å². The normalized spacial score (nSPS) is 12.3. The van der Waals surface area contributed by atoms with E-state index in [9.17, 15) is 9.59 Å². The highest BCUT2D eigenvalue weighted by molar-refractivity contribution is 6.42. The van der Waals surface area contributed by atoms with Crippen LogP contribution in [0, 0.1) is 5.92 Å². The fourth-order valence-corrected chi connectivity index (χ4v) is 1.69. The minimum absolute atomic E-state index is 0.284. The molecule has 108 valence electrons. The quantitative estimate of drug-likeness (QED) is 0.792. The molecule has 0 fully saturated rings. The van der Waals surface area contributed by atoms with Crippen LogP contribution in [0.1, 0.15) is 18.9 Å². The maximum Gasteiger partial charge on any atom is 0.306 e. The fourth-order valence-electron chi connectivity index (χ4n) is 1.38. The highest BCUT2D eigenvalue weighted by Gasteiger charge is 2.10. The molecular weight excluding hydrogens is 301 g/mol. The van der Waals surface area contributed by atoms with Gasteiger partial charge in [-0.1, -0.05) is 36.2 Å². The largest absolute Gasteiger partial charge is 0.481 e. The summed E-state index contributed by atoms with van der Waals surface area (Å²) in [5.74, 6) is -1.63. The van der Waals surface area contributed by atoms with Crippen molar-refractivity contribution in [2.24, 2.45) is 5.92 Å². The lowest BCUT2D eigenvalue weighted by Crippen LogP contribution is -2.25. The Morgan fingerprint density at radius 2 is 2.05 bits per heavy atom. The molecule has 1 aromatic carbocycles. The fraction of sp³-hybridized carbons (Fsp3) is 0.286. The van der Waals surface area contributed by atoms with Crippen LogP contribution in [0.25, 0.3) is 6.08 Å². The zero-order valence-corrected chi connectivity index (χ0v) is 12.4. The third-order valence-corrected chi connectivity index (χ3v) is 3.41. The first kappa shape index (κ1) is 16.5. The molecule has 1 rings (SSSR count). The first-order valence-corrected chi connectivity index (χ1v) is 6.79. The number of hydrogen-bond acceptors (Lipinski definition) is 2. The van der Waals surface area contributed by atoms with Crippen LogP contribution in [0.5, 0.6) is 0 Å². The van der Waals surface area contributed by atoms with Gasteiger partial charge in [-0.3, -0.25) is 9.59 Å². The minimum atomic E-state index is -0.870. The highest BCUT2D eigenvalue weighted by Crippen LogP contribution is 2.22. The summed E-state index contributed by atoms with van der Waals surface area (Å²) in [6, 6.07) is 5.04. The Hall–Kier alpha value is -1.52. The van der Waals surface area contributed by atoms with Crippen molar-refractivity contribution in [1.82, 2.24) is 5.32 Å². The summed E-state index contributed by atoms with van der Waals surface area (Å²) in [4.78, 5) is 22.1. The zero-order valence-electron chi connectivity index (χ0n) is 10.9. The SMILES string of the molecule is CC(CCNC(=O)/C=C/c1ccc(Cl)c(Cl)c1)C(=O)O. The molecule has 0 spiro atoms. The average molecular weight is 316 g/mol. The standard InChI is InChI=1S/C14H15Cl2NO3/c1-9(14(19)20)6-7-17-13(18)5-3-10-2-4-11(15)12(16)8-10/h2-5,8-9H,6-7H2,1H3,(H,17,18)(H,19,20)/b5-3+. The molecule has 1 unspecified atom stereocenters. The van der Waals surface area contributed by atoms with Gasteiger partial charge < -0.3 is 10.4 Å². The lowest BCUT2D eigenvalue weighted by molar-refractivity contribution is -0.141. The van der Waals surface area contributed by atoms with Crippen molar-refractivity contribution in [1.29, 1.82) is 0 Å². The predicted octanol–water partition coefficient (Wildman–Crippen LogP) is 3.23. The smallest absolute Gasteiger partial charge is 0.306 e. The van der Waals surface area contributed by atoms with E-state index in [1.54, 1.807) is 31.2 Å². The zero-order chi connectivity index (χ0) is 15.1. The number of carbonyl (C=O) groups excluding carboxylic acids is 1. The van der Waals surface area contributed by atoms with Gasteiger partial charge in [0.25, 0.3) is 0 Å². The third kappa shape index (κ3) is 5.63. The van der Waals surface area contributed by atoms with E-state index in [0.717, 1.165) is 5.56 Å². The Morgan fingerprint density at radius 3 is 2.65 bits per heavy atom. The molecule has 1 aromatic rings. The van der Waals surface area contributed by atoms with Crippen LogP contribution in [0.15, 0.2) is 24.3 Å². The Balaban J connectivity index is 2.43. The maximum atomic E-state index is 11.5. The van der Waals surface area contributed by atoms with Crippen molar-refractivity contribution in [3.8, 4) is 0 Å². The van der Waals surface area contributed by atoms with Gasteiger partial charge in [-0.25, -0.2) is 0 Å². The van der Waals surface area contributed by atoms with E-state index < -0.39 is 11.9 Å². The first-order chi connectivity index (χ1) is 9.40. The Bertz CT molecular complexity index is 529. The third-order valence-electron chi connectivity index (χ3n) is 2.67. The number of benzene rings is 1. The van der Waals surface area contributed by atoms with Crippen LogP contribution in [-0.4, -0.2) is 23.5 Å². The number of nitrogens with one attached hydrogen (secondary N) is 1. The molecule has 1 amide bonds. The number of aliphatic carboxylic acids is 1. The monoisotopic (exact) mass is 315 g/mol. The summed E-state index contributed by atoms with van der Waals surface area (Å²) in [6.45, 7) is 1.91. The van der Waals surface area contributed by atoms with Gasteiger partial charge in [-0.05, 0) is 30.2 Å². The molecule has 0 heterocycles. The molecule has 0 aliphatic heterocycles. The number of amides is 1. The Labute approximate surface area is 127 Å². The van der Waals surface area contributed by atoms with Gasteiger partial charge in [0.05, 0.1) is 16.0 Å². The topological polar surface area (TPSA) is 66.4 Å². The van der Waals surface area contributed by atoms with Crippen molar-refractivity contribution < 1.29 is 14.7 Å². The number of carboxylic acid groups (broad SMARTS) is 1. The molecule has 0 aliphatic rings. The van der Waals surface area contributed by atoms with Crippen molar-refractivity contribution in [2.45, 2.75) is 13.3 Å². The van der Waals surface area contributed by atoms with E-state index in [-0.39, 0.29) is 5.91 Å². The lowest BCUT2D eigenvalue weighted by atomic mass is 10.1. The van der Waals surface area contributed by atoms with Gasteiger partial charge in [0.1, 0.15) is 0 Å². The highest BCUT2D eigenvalue weighted by atomic mass is 35.5. The number of halogens is 2. The van der Waals surface area contributed by atoms with Crippen LogP contribution in [-0.2, 0) is 9.59 Å². The van der Waals surface area contributed by atoms with Gasteiger partial charge in [-0.15, -0.1) is 0 Å². The summed E-state index contributed by atoms with van der Waals surface area (Å²) >= 11 is 11.6. The number of carboxylic acids is 1. The molecule has 0 radical (unpaired) electrons. The summed E-state index contributed by atoms with van der Waals surface area (Å²) < 4.78 is 0. The Kier molecular flexibility index (Phi) is 6.55. The summed E-state index contributed by atoms with van der Waals surface area (Å²) in [5.41, 5.74) is 0.758. The van der Waals surface area contributed by atoms with Crippen LogP contribution in [0.3, 0.4) is 0 Å². The van der Waals surface area contributed by atoms with E-state index in [4.69, 9.17) is 28.3 Å².